The first-order chi connectivity index (χ1) is 11.1. The number of halogens is 1. The van der Waals surface area contributed by atoms with E-state index in [0.717, 1.165) is 5.01 Å². The lowest BCUT2D eigenvalue weighted by Crippen LogP contribution is -2.13. The van der Waals surface area contributed by atoms with Gasteiger partial charge in [0.25, 0.3) is 5.91 Å². The lowest BCUT2D eigenvalue weighted by atomic mass is 10.3. The molecule has 1 heterocycles. The summed E-state index contributed by atoms with van der Waals surface area (Å²) in [6.45, 7) is 1.39. The van der Waals surface area contributed by atoms with E-state index in [0.29, 0.717) is 48.3 Å². The van der Waals surface area contributed by atoms with Crippen molar-refractivity contribution in [2.24, 2.45) is 5.73 Å². The Morgan fingerprint density at radius 1 is 1.43 bits per heavy atom. The molecule has 0 spiro atoms. The summed E-state index contributed by atoms with van der Waals surface area (Å²) in [5.74, 6) is 0.259. The maximum Gasteiger partial charge on any atom is 0.275 e. The Hall–Kier alpha value is -1.67. The average molecular weight is 356 g/mol. The van der Waals surface area contributed by atoms with Crippen molar-refractivity contribution < 1.29 is 14.3 Å². The quantitative estimate of drug-likeness (QED) is 0.711. The van der Waals surface area contributed by atoms with Gasteiger partial charge in [-0.25, -0.2) is 4.98 Å². The van der Waals surface area contributed by atoms with Gasteiger partial charge in [-0.15, -0.1) is 11.3 Å². The molecule has 0 saturated heterocycles. The van der Waals surface area contributed by atoms with Crippen molar-refractivity contribution in [2.45, 2.75) is 6.42 Å². The lowest BCUT2D eigenvalue weighted by Gasteiger charge is -2.09. The Balaban J connectivity index is 1.98. The van der Waals surface area contributed by atoms with Crippen LogP contribution in [-0.4, -0.2) is 37.8 Å². The third kappa shape index (κ3) is 5.18. The fourth-order valence-corrected chi connectivity index (χ4v) is 2.81. The number of rotatable bonds is 8. The highest BCUT2D eigenvalue weighted by Gasteiger charge is 2.12. The van der Waals surface area contributed by atoms with E-state index < -0.39 is 0 Å². The molecule has 0 aliphatic heterocycles. The molecule has 0 radical (unpaired) electrons. The second-order valence-electron chi connectivity index (χ2n) is 4.61. The molecule has 23 heavy (non-hydrogen) atoms. The molecule has 0 atom stereocenters. The number of anilines is 1. The van der Waals surface area contributed by atoms with Crippen molar-refractivity contribution >= 4 is 34.5 Å². The first-order valence-corrected chi connectivity index (χ1v) is 8.27. The van der Waals surface area contributed by atoms with Gasteiger partial charge in [-0.2, -0.15) is 0 Å². The third-order valence-electron chi connectivity index (χ3n) is 2.88. The number of carbonyl (C=O) groups is 1. The number of nitrogens with one attached hydrogen (secondary N) is 1. The number of carbonyl (C=O) groups excluding carboxylic acids is 1. The predicted octanol–water partition coefficient (Wildman–Crippen LogP) is 2.58. The zero-order valence-electron chi connectivity index (χ0n) is 12.7. The zero-order valence-corrected chi connectivity index (χ0v) is 14.2. The normalized spacial score (nSPS) is 10.6. The molecule has 8 heteroatoms. The largest absolute Gasteiger partial charge is 0.490 e. The van der Waals surface area contributed by atoms with E-state index in [4.69, 9.17) is 26.8 Å². The molecular formula is C15H18ClN3O3S. The highest BCUT2D eigenvalue weighted by atomic mass is 35.5. The summed E-state index contributed by atoms with van der Waals surface area (Å²) in [5, 5.41) is 5.73. The Morgan fingerprint density at radius 3 is 2.96 bits per heavy atom. The van der Waals surface area contributed by atoms with E-state index in [1.807, 2.05) is 0 Å². The number of methoxy groups -OCH3 is 1. The summed E-state index contributed by atoms with van der Waals surface area (Å²) >= 11 is 7.56. The molecule has 6 nitrogen and oxygen atoms in total. The van der Waals surface area contributed by atoms with Gasteiger partial charge < -0.3 is 20.5 Å². The van der Waals surface area contributed by atoms with Crippen molar-refractivity contribution in [1.29, 1.82) is 0 Å². The SMILES string of the molecule is COCCOc1ccc(NC(=O)c2csc(CCN)n2)cc1Cl. The van der Waals surface area contributed by atoms with Gasteiger partial charge in [0, 0.05) is 24.6 Å². The molecule has 0 bridgehead atoms. The summed E-state index contributed by atoms with van der Waals surface area (Å²) in [7, 11) is 1.60. The van der Waals surface area contributed by atoms with E-state index in [9.17, 15) is 4.79 Å². The molecule has 2 rings (SSSR count). The second-order valence-corrected chi connectivity index (χ2v) is 5.96. The minimum absolute atomic E-state index is 0.284. The maximum atomic E-state index is 12.1. The number of aromatic nitrogens is 1. The van der Waals surface area contributed by atoms with Crippen molar-refractivity contribution in [2.75, 3.05) is 32.2 Å². The molecule has 0 fully saturated rings. The van der Waals surface area contributed by atoms with Crippen LogP contribution in [0, 0.1) is 0 Å². The molecule has 1 aromatic carbocycles. The van der Waals surface area contributed by atoms with Gasteiger partial charge in [0.05, 0.1) is 16.6 Å². The minimum Gasteiger partial charge on any atom is -0.490 e. The fourth-order valence-electron chi connectivity index (χ4n) is 1.78. The molecule has 3 N–H and O–H groups in total. The van der Waals surface area contributed by atoms with E-state index in [1.54, 1.807) is 30.7 Å². The van der Waals surface area contributed by atoms with Crippen LogP contribution in [0.3, 0.4) is 0 Å². The first-order valence-electron chi connectivity index (χ1n) is 7.01. The standard InChI is InChI=1S/C15H18ClN3O3S/c1-21-6-7-22-13-3-2-10(8-11(13)16)18-15(20)12-9-23-14(19-12)4-5-17/h2-3,8-9H,4-7,17H2,1H3,(H,18,20). The van der Waals surface area contributed by atoms with E-state index >= 15 is 0 Å². The topological polar surface area (TPSA) is 86.5 Å². The minimum atomic E-state index is -0.284. The van der Waals surface area contributed by atoms with Gasteiger partial charge in [0.15, 0.2) is 0 Å². The highest BCUT2D eigenvalue weighted by Crippen LogP contribution is 2.28. The summed E-state index contributed by atoms with van der Waals surface area (Å²) in [5.41, 5.74) is 6.42. The summed E-state index contributed by atoms with van der Waals surface area (Å²) in [6.07, 6.45) is 0.664. The summed E-state index contributed by atoms with van der Waals surface area (Å²) < 4.78 is 10.4. The molecule has 1 amide bonds. The molecule has 0 saturated carbocycles. The number of nitrogens with two attached hydrogens (primary N) is 1. The van der Waals surface area contributed by atoms with E-state index in [1.165, 1.54) is 11.3 Å². The van der Waals surface area contributed by atoms with Crippen LogP contribution in [0.5, 0.6) is 5.75 Å². The molecule has 2 aromatic rings. The Kier molecular flexibility index (Phi) is 6.79. The van der Waals surface area contributed by atoms with Crippen molar-refractivity contribution in [1.82, 2.24) is 4.98 Å². The molecule has 0 unspecified atom stereocenters. The lowest BCUT2D eigenvalue weighted by molar-refractivity contribution is 0.102. The van der Waals surface area contributed by atoms with Crippen LogP contribution in [0.4, 0.5) is 5.69 Å². The number of ether oxygens (including phenoxy) is 2. The van der Waals surface area contributed by atoms with Gasteiger partial charge in [0.1, 0.15) is 18.1 Å². The van der Waals surface area contributed by atoms with Crippen molar-refractivity contribution in [3.63, 3.8) is 0 Å². The fraction of sp³-hybridized carbons (Fsp3) is 0.333. The number of nitrogens with zero attached hydrogens (tertiary/aromatic N) is 1. The number of hydrogen-bond acceptors (Lipinski definition) is 6. The number of benzene rings is 1. The zero-order chi connectivity index (χ0) is 16.7. The summed E-state index contributed by atoms with van der Waals surface area (Å²) in [6, 6.07) is 5.06. The van der Waals surface area contributed by atoms with Crippen molar-refractivity contribution in [3.05, 3.63) is 39.3 Å². The van der Waals surface area contributed by atoms with Gasteiger partial charge in [-0.1, -0.05) is 11.6 Å². The predicted molar refractivity (Wildman–Crippen MR) is 91.6 cm³/mol. The monoisotopic (exact) mass is 355 g/mol. The van der Waals surface area contributed by atoms with Gasteiger partial charge in [0.2, 0.25) is 0 Å². The Labute approximate surface area is 143 Å². The van der Waals surface area contributed by atoms with Gasteiger partial charge in [-0.05, 0) is 24.7 Å². The van der Waals surface area contributed by atoms with Crippen molar-refractivity contribution in [3.8, 4) is 5.75 Å². The maximum absolute atomic E-state index is 12.1. The average Bonchev–Trinajstić information content (AvgIpc) is 2.99. The molecule has 124 valence electrons. The smallest absolute Gasteiger partial charge is 0.275 e. The number of amides is 1. The van der Waals surface area contributed by atoms with E-state index in [-0.39, 0.29) is 5.91 Å². The molecule has 0 aliphatic rings. The van der Waals surface area contributed by atoms with Crippen LogP contribution in [0.25, 0.3) is 0 Å². The van der Waals surface area contributed by atoms with Crippen LogP contribution in [0.1, 0.15) is 15.5 Å². The van der Waals surface area contributed by atoms with Crippen LogP contribution >= 0.6 is 22.9 Å². The Morgan fingerprint density at radius 2 is 2.26 bits per heavy atom. The second kappa shape index (κ2) is 8.83. The highest BCUT2D eigenvalue weighted by molar-refractivity contribution is 7.09. The Bertz CT molecular complexity index is 663. The molecular weight excluding hydrogens is 338 g/mol. The number of thiazole rings is 1. The number of hydrogen-bond donors (Lipinski definition) is 2. The summed E-state index contributed by atoms with van der Waals surface area (Å²) in [4.78, 5) is 16.4. The van der Waals surface area contributed by atoms with Crippen LogP contribution < -0.4 is 15.8 Å². The van der Waals surface area contributed by atoms with Gasteiger partial charge >= 0.3 is 0 Å². The first kappa shape index (κ1) is 17.7. The molecule has 1 aromatic heterocycles. The van der Waals surface area contributed by atoms with Crippen LogP contribution in [0.15, 0.2) is 23.6 Å². The van der Waals surface area contributed by atoms with Gasteiger partial charge in [-0.3, -0.25) is 4.79 Å². The van der Waals surface area contributed by atoms with Crippen LogP contribution in [0.2, 0.25) is 5.02 Å². The van der Waals surface area contributed by atoms with E-state index in [2.05, 4.69) is 10.3 Å². The molecule has 0 aliphatic carbocycles. The third-order valence-corrected chi connectivity index (χ3v) is 4.08. The van der Waals surface area contributed by atoms with Crippen LogP contribution in [-0.2, 0) is 11.2 Å².